The van der Waals surface area contributed by atoms with E-state index in [-0.39, 0.29) is 5.91 Å². The molecule has 0 bridgehead atoms. The number of aryl methyl sites for hydroxylation is 1. The highest BCUT2D eigenvalue weighted by molar-refractivity contribution is 5.92. The number of para-hydroxylation sites is 2. The maximum atomic E-state index is 12.0. The molecule has 23 heavy (non-hydrogen) atoms. The number of benzene rings is 2. The summed E-state index contributed by atoms with van der Waals surface area (Å²) in [5.41, 5.74) is 1.94. The number of anilines is 1. The molecule has 1 amide bonds. The fraction of sp³-hybridized carbons (Fsp3) is 0.316. The smallest absolute Gasteiger partial charge is 0.238 e. The first-order valence-corrected chi connectivity index (χ1v) is 7.87. The molecule has 1 N–H and O–H groups in total. The highest BCUT2D eigenvalue weighted by Gasteiger charge is 2.08. The third-order valence-corrected chi connectivity index (χ3v) is 3.53. The molecular weight excluding hydrogens is 288 g/mol. The van der Waals surface area contributed by atoms with Crippen molar-refractivity contribution in [3.8, 4) is 5.75 Å². The molecule has 2 aromatic carbocycles. The highest BCUT2D eigenvalue weighted by atomic mass is 16.5. The Morgan fingerprint density at radius 1 is 1.09 bits per heavy atom. The third kappa shape index (κ3) is 6.12. The van der Waals surface area contributed by atoms with E-state index < -0.39 is 0 Å². The quantitative estimate of drug-likeness (QED) is 0.760. The summed E-state index contributed by atoms with van der Waals surface area (Å²) in [6.07, 6.45) is 0.878. The van der Waals surface area contributed by atoms with Gasteiger partial charge in [-0.15, -0.1) is 0 Å². The van der Waals surface area contributed by atoms with Crippen molar-refractivity contribution in [3.63, 3.8) is 0 Å². The van der Waals surface area contributed by atoms with E-state index in [9.17, 15) is 4.79 Å². The Morgan fingerprint density at radius 2 is 1.78 bits per heavy atom. The average Bonchev–Trinajstić information content (AvgIpc) is 2.55. The SMILES string of the molecule is Cc1ccccc1NC(=O)CN(C)CCCOc1ccccc1. The second kappa shape index (κ2) is 8.96. The summed E-state index contributed by atoms with van der Waals surface area (Å²) in [7, 11) is 1.94. The monoisotopic (exact) mass is 312 g/mol. The van der Waals surface area contributed by atoms with Gasteiger partial charge < -0.3 is 10.1 Å². The average molecular weight is 312 g/mol. The molecule has 0 heterocycles. The van der Waals surface area contributed by atoms with Gasteiger partial charge in [0.25, 0.3) is 0 Å². The number of nitrogens with zero attached hydrogens (tertiary/aromatic N) is 1. The van der Waals surface area contributed by atoms with Crippen LogP contribution in [-0.2, 0) is 4.79 Å². The predicted molar refractivity (Wildman–Crippen MR) is 93.9 cm³/mol. The first kappa shape index (κ1) is 17.0. The number of amides is 1. The summed E-state index contributed by atoms with van der Waals surface area (Å²) in [6.45, 7) is 3.82. The number of likely N-dealkylation sites (N-methyl/N-ethyl adjacent to an activating group) is 1. The minimum atomic E-state index is 0.00535. The topological polar surface area (TPSA) is 41.6 Å². The Morgan fingerprint density at radius 3 is 2.52 bits per heavy atom. The van der Waals surface area contributed by atoms with Crippen molar-refractivity contribution in [2.24, 2.45) is 0 Å². The van der Waals surface area contributed by atoms with Crippen LogP contribution < -0.4 is 10.1 Å². The molecule has 0 radical (unpaired) electrons. The van der Waals surface area contributed by atoms with Crippen molar-refractivity contribution in [3.05, 3.63) is 60.2 Å². The fourth-order valence-electron chi connectivity index (χ4n) is 2.27. The van der Waals surface area contributed by atoms with Crippen LogP contribution >= 0.6 is 0 Å². The summed E-state index contributed by atoms with van der Waals surface area (Å²) in [5, 5.41) is 2.95. The zero-order valence-electron chi connectivity index (χ0n) is 13.8. The van der Waals surface area contributed by atoms with Gasteiger partial charge in [0, 0.05) is 12.2 Å². The number of carbonyl (C=O) groups is 1. The van der Waals surface area contributed by atoms with Crippen molar-refractivity contribution in [1.82, 2.24) is 4.90 Å². The first-order chi connectivity index (χ1) is 11.1. The normalized spacial score (nSPS) is 10.6. The van der Waals surface area contributed by atoms with Crippen LogP contribution in [0.4, 0.5) is 5.69 Å². The van der Waals surface area contributed by atoms with Crippen molar-refractivity contribution >= 4 is 11.6 Å². The lowest BCUT2D eigenvalue weighted by Gasteiger charge is -2.17. The van der Waals surface area contributed by atoms with Gasteiger partial charge in [-0.2, -0.15) is 0 Å². The number of nitrogens with one attached hydrogen (secondary N) is 1. The molecule has 0 atom stereocenters. The van der Waals surface area contributed by atoms with Crippen LogP contribution in [0.25, 0.3) is 0 Å². The zero-order chi connectivity index (χ0) is 16.5. The molecule has 2 rings (SSSR count). The summed E-state index contributed by atoms with van der Waals surface area (Å²) in [6, 6.07) is 17.6. The number of carbonyl (C=O) groups excluding carboxylic acids is 1. The van der Waals surface area contributed by atoms with E-state index in [2.05, 4.69) is 5.32 Å². The van der Waals surface area contributed by atoms with Gasteiger partial charge in [-0.25, -0.2) is 0 Å². The summed E-state index contributed by atoms with van der Waals surface area (Å²) < 4.78 is 5.65. The molecule has 4 nitrogen and oxygen atoms in total. The van der Waals surface area contributed by atoms with Gasteiger partial charge >= 0.3 is 0 Å². The van der Waals surface area contributed by atoms with Crippen LogP contribution in [0.15, 0.2) is 54.6 Å². The lowest BCUT2D eigenvalue weighted by molar-refractivity contribution is -0.117. The minimum Gasteiger partial charge on any atom is -0.494 e. The minimum absolute atomic E-state index is 0.00535. The Hall–Kier alpha value is -2.33. The first-order valence-electron chi connectivity index (χ1n) is 7.87. The van der Waals surface area contributed by atoms with Gasteiger partial charge in [-0.1, -0.05) is 36.4 Å². The molecule has 0 spiro atoms. The van der Waals surface area contributed by atoms with Crippen molar-refractivity contribution < 1.29 is 9.53 Å². The van der Waals surface area contributed by atoms with Crippen LogP contribution in [-0.4, -0.2) is 37.6 Å². The molecule has 0 aliphatic heterocycles. The standard InChI is InChI=1S/C19H24N2O2/c1-16-9-6-7-12-18(16)20-19(22)15-21(2)13-8-14-23-17-10-4-3-5-11-17/h3-7,9-12H,8,13-15H2,1-2H3,(H,20,22). The molecular formula is C19H24N2O2. The number of hydrogen-bond donors (Lipinski definition) is 1. The van der Waals surface area contributed by atoms with Crippen molar-refractivity contribution in [2.45, 2.75) is 13.3 Å². The van der Waals surface area contributed by atoms with Crippen LogP contribution in [0, 0.1) is 6.92 Å². The van der Waals surface area contributed by atoms with Crippen LogP contribution in [0.3, 0.4) is 0 Å². The van der Waals surface area contributed by atoms with E-state index in [1.54, 1.807) is 0 Å². The summed E-state index contributed by atoms with van der Waals surface area (Å²) in [5.74, 6) is 0.887. The Bertz CT molecular complexity index is 614. The van der Waals surface area contributed by atoms with Gasteiger partial charge in [-0.05, 0) is 44.2 Å². The molecule has 0 fully saturated rings. The zero-order valence-corrected chi connectivity index (χ0v) is 13.8. The van der Waals surface area contributed by atoms with E-state index in [1.807, 2.05) is 73.5 Å². The molecule has 2 aromatic rings. The Labute approximate surface area is 138 Å². The number of ether oxygens (including phenoxy) is 1. The predicted octanol–water partition coefficient (Wildman–Crippen LogP) is 3.33. The molecule has 0 aromatic heterocycles. The van der Waals surface area contributed by atoms with Gasteiger partial charge in [0.2, 0.25) is 5.91 Å². The summed E-state index contributed by atoms with van der Waals surface area (Å²) >= 11 is 0. The molecule has 122 valence electrons. The number of hydrogen-bond acceptors (Lipinski definition) is 3. The van der Waals surface area contributed by atoms with Gasteiger partial charge in [0.15, 0.2) is 0 Å². The Kier molecular flexibility index (Phi) is 6.63. The molecule has 4 heteroatoms. The lowest BCUT2D eigenvalue weighted by Crippen LogP contribution is -2.31. The van der Waals surface area contributed by atoms with Crippen LogP contribution in [0.1, 0.15) is 12.0 Å². The van der Waals surface area contributed by atoms with E-state index in [4.69, 9.17) is 4.74 Å². The van der Waals surface area contributed by atoms with E-state index in [0.717, 1.165) is 30.0 Å². The second-order valence-corrected chi connectivity index (χ2v) is 5.62. The van der Waals surface area contributed by atoms with Gasteiger partial charge in [0.1, 0.15) is 5.75 Å². The fourth-order valence-corrected chi connectivity index (χ4v) is 2.27. The van der Waals surface area contributed by atoms with Gasteiger partial charge in [-0.3, -0.25) is 9.69 Å². The van der Waals surface area contributed by atoms with Crippen LogP contribution in [0.2, 0.25) is 0 Å². The van der Waals surface area contributed by atoms with Crippen molar-refractivity contribution in [2.75, 3.05) is 32.1 Å². The Balaban J connectivity index is 1.65. The molecule has 0 aliphatic rings. The maximum Gasteiger partial charge on any atom is 0.238 e. The molecule has 0 saturated carbocycles. The van der Waals surface area contributed by atoms with E-state index in [1.165, 1.54) is 0 Å². The summed E-state index contributed by atoms with van der Waals surface area (Å²) in [4.78, 5) is 14.0. The van der Waals surface area contributed by atoms with E-state index >= 15 is 0 Å². The van der Waals surface area contributed by atoms with Crippen LogP contribution in [0.5, 0.6) is 5.75 Å². The largest absolute Gasteiger partial charge is 0.494 e. The molecule has 0 aliphatic carbocycles. The van der Waals surface area contributed by atoms with E-state index in [0.29, 0.717) is 13.2 Å². The number of rotatable bonds is 8. The van der Waals surface area contributed by atoms with Crippen molar-refractivity contribution in [1.29, 1.82) is 0 Å². The maximum absolute atomic E-state index is 12.0. The second-order valence-electron chi connectivity index (χ2n) is 5.62. The lowest BCUT2D eigenvalue weighted by atomic mass is 10.2. The van der Waals surface area contributed by atoms with Gasteiger partial charge in [0.05, 0.1) is 13.2 Å². The highest BCUT2D eigenvalue weighted by Crippen LogP contribution is 2.13. The molecule has 0 unspecified atom stereocenters. The molecule has 0 saturated heterocycles. The third-order valence-electron chi connectivity index (χ3n) is 3.53.